The fraction of sp³-hybridized carbons (Fsp3) is 0.471. The van der Waals surface area contributed by atoms with Gasteiger partial charge >= 0.3 is 0 Å². The maximum Gasteiger partial charge on any atom is 0.127 e. The van der Waals surface area contributed by atoms with E-state index in [9.17, 15) is 0 Å². The Hall–Kier alpha value is -1.77. The van der Waals surface area contributed by atoms with Crippen LogP contribution in [0.3, 0.4) is 0 Å². The first-order valence-electron chi connectivity index (χ1n) is 7.18. The molecule has 1 heterocycles. The molecular formula is C17H25N3. The fourth-order valence-corrected chi connectivity index (χ4v) is 2.19. The third kappa shape index (κ3) is 3.21. The van der Waals surface area contributed by atoms with Crippen molar-refractivity contribution in [1.82, 2.24) is 5.01 Å². The van der Waals surface area contributed by atoms with E-state index in [0.717, 1.165) is 18.1 Å². The van der Waals surface area contributed by atoms with Gasteiger partial charge < -0.3 is 0 Å². The van der Waals surface area contributed by atoms with E-state index < -0.39 is 0 Å². The average molecular weight is 271 g/mol. The van der Waals surface area contributed by atoms with Crippen molar-refractivity contribution in [1.29, 1.82) is 0 Å². The zero-order chi connectivity index (χ0) is 14.9. The van der Waals surface area contributed by atoms with Gasteiger partial charge in [-0.05, 0) is 29.0 Å². The molecule has 20 heavy (non-hydrogen) atoms. The average Bonchev–Trinajstić information content (AvgIpc) is 2.69. The van der Waals surface area contributed by atoms with Gasteiger partial charge in [-0.2, -0.15) is 5.10 Å². The molecule has 1 aliphatic heterocycles. The van der Waals surface area contributed by atoms with Gasteiger partial charge in [-0.1, -0.05) is 53.3 Å². The molecule has 0 radical (unpaired) electrons. The lowest BCUT2D eigenvalue weighted by atomic mass is 9.97. The minimum Gasteiger partial charge on any atom is -0.284 e. The zero-order valence-corrected chi connectivity index (χ0v) is 13.2. The van der Waals surface area contributed by atoms with Crippen molar-refractivity contribution in [3.63, 3.8) is 0 Å². The number of anilines is 1. The van der Waals surface area contributed by atoms with Crippen molar-refractivity contribution in [2.75, 3.05) is 11.4 Å². The van der Waals surface area contributed by atoms with Crippen molar-refractivity contribution in [3.8, 4) is 0 Å². The van der Waals surface area contributed by atoms with Gasteiger partial charge in [-0.25, -0.2) is 5.01 Å². The lowest BCUT2D eigenvalue weighted by Gasteiger charge is -2.27. The number of hydrogen-bond acceptors (Lipinski definition) is 3. The summed E-state index contributed by atoms with van der Waals surface area (Å²) in [4.78, 5) is 2.04. The fourth-order valence-electron chi connectivity index (χ4n) is 2.19. The monoisotopic (exact) mass is 271 g/mol. The quantitative estimate of drug-likeness (QED) is 0.811. The first-order chi connectivity index (χ1) is 9.28. The van der Waals surface area contributed by atoms with E-state index in [-0.39, 0.29) is 5.41 Å². The third-order valence-electron chi connectivity index (χ3n) is 3.34. The maximum atomic E-state index is 4.45. The normalized spacial score (nSPS) is 15.6. The summed E-state index contributed by atoms with van der Waals surface area (Å²) in [5.41, 5.74) is 2.65. The number of rotatable bonds is 3. The molecule has 0 amide bonds. The second-order valence-corrected chi connectivity index (χ2v) is 6.88. The number of benzene rings is 1. The van der Waals surface area contributed by atoms with Crippen LogP contribution in [0.4, 0.5) is 5.69 Å². The van der Waals surface area contributed by atoms with E-state index in [1.807, 2.05) is 16.2 Å². The SMILES string of the molecule is C=C1N(CC(C)(C)C)N=CN1c1ccc(C(C)C)cc1. The van der Waals surface area contributed by atoms with Crippen LogP contribution in [0.5, 0.6) is 0 Å². The molecule has 0 aliphatic carbocycles. The summed E-state index contributed by atoms with van der Waals surface area (Å²) in [7, 11) is 0. The summed E-state index contributed by atoms with van der Waals surface area (Å²) in [6.07, 6.45) is 1.85. The van der Waals surface area contributed by atoms with Crippen molar-refractivity contribution in [2.24, 2.45) is 10.5 Å². The summed E-state index contributed by atoms with van der Waals surface area (Å²) < 4.78 is 0. The lowest BCUT2D eigenvalue weighted by molar-refractivity contribution is 0.250. The highest BCUT2D eigenvalue weighted by atomic mass is 15.6. The standard InChI is InChI=1S/C17H25N3/c1-13(2)15-7-9-16(10-8-15)19-12-18-20(14(19)3)11-17(4,5)6/h7-10,12-13H,3,11H2,1-2,4-6H3. The van der Waals surface area contributed by atoms with Gasteiger partial charge in [0.1, 0.15) is 12.2 Å². The van der Waals surface area contributed by atoms with Crippen LogP contribution in [0, 0.1) is 5.41 Å². The van der Waals surface area contributed by atoms with E-state index in [4.69, 9.17) is 0 Å². The van der Waals surface area contributed by atoms with E-state index in [0.29, 0.717) is 5.92 Å². The van der Waals surface area contributed by atoms with Crippen LogP contribution in [0.15, 0.2) is 41.8 Å². The molecule has 3 heteroatoms. The van der Waals surface area contributed by atoms with Crippen LogP contribution >= 0.6 is 0 Å². The lowest BCUT2D eigenvalue weighted by Crippen LogP contribution is -2.29. The second-order valence-electron chi connectivity index (χ2n) is 6.88. The molecule has 0 saturated heterocycles. The summed E-state index contributed by atoms with van der Waals surface area (Å²) in [5, 5.41) is 6.42. The molecule has 3 nitrogen and oxygen atoms in total. The highest BCUT2D eigenvalue weighted by molar-refractivity contribution is 5.84. The second kappa shape index (κ2) is 5.31. The molecule has 0 fully saturated rings. The van der Waals surface area contributed by atoms with Gasteiger partial charge in [0, 0.05) is 12.2 Å². The van der Waals surface area contributed by atoms with E-state index >= 15 is 0 Å². The minimum absolute atomic E-state index is 0.192. The predicted molar refractivity (Wildman–Crippen MR) is 86.8 cm³/mol. The van der Waals surface area contributed by atoms with Crippen LogP contribution in [0.1, 0.15) is 46.1 Å². The van der Waals surface area contributed by atoms with Crippen LogP contribution in [-0.2, 0) is 0 Å². The number of hydrogen-bond donors (Lipinski definition) is 0. The molecule has 1 aromatic carbocycles. The number of hydrazone groups is 1. The smallest absolute Gasteiger partial charge is 0.127 e. The van der Waals surface area contributed by atoms with Gasteiger partial charge in [-0.3, -0.25) is 4.90 Å². The van der Waals surface area contributed by atoms with Crippen molar-refractivity contribution >= 4 is 12.0 Å². The molecule has 2 rings (SSSR count). The van der Waals surface area contributed by atoms with Gasteiger partial charge in [0.05, 0.1) is 0 Å². The highest BCUT2D eigenvalue weighted by Crippen LogP contribution is 2.28. The van der Waals surface area contributed by atoms with Crippen molar-refractivity contribution in [2.45, 2.75) is 40.5 Å². The molecule has 0 aromatic heterocycles. The molecule has 0 unspecified atom stereocenters. The first-order valence-corrected chi connectivity index (χ1v) is 7.18. The largest absolute Gasteiger partial charge is 0.284 e. The Morgan fingerprint density at radius 1 is 1.15 bits per heavy atom. The molecule has 1 aromatic rings. The van der Waals surface area contributed by atoms with E-state index in [1.54, 1.807) is 0 Å². The topological polar surface area (TPSA) is 18.8 Å². The molecule has 0 bridgehead atoms. The molecule has 1 aliphatic rings. The predicted octanol–water partition coefficient (Wildman–Crippen LogP) is 4.39. The zero-order valence-electron chi connectivity index (χ0n) is 13.2. The summed E-state index contributed by atoms with van der Waals surface area (Å²) in [5.74, 6) is 1.47. The van der Waals surface area contributed by atoms with E-state index in [2.05, 4.69) is 70.6 Å². The Kier molecular flexibility index (Phi) is 3.89. The Bertz CT molecular complexity index is 506. The summed E-state index contributed by atoms with van der Waals surface area (Å²) in [6.45, 7) is 16.0. The molecule has 0 saturated carbocycles. The molecule has 108 valence electrons. The van der Waals surface area contributed by atoms with Crippen LogP contribution in [0.2, 0.25) is 0 Å². The van der Waals surface area contributed by atoms with E-state index in [1.165, 1.54) is 5.56 Å². The third-order valence-corrected chi connectivity index (χ3v) is 3.34. The van der Waals surface area contributed by atoms with Gasteiger partial charge in [0.15, 0.2) is 0 Å². The summed E-state index contributed by atoms with van der Waals surface area (Å²) in [6, 6.07) is 8.61. The molecule has 0 N–H and O–H groups in total. The van der Waals surface area contributed by atoms with Crippen LogP contribution in [-0.4, -0.2) is 17.9 Å². The molecule has 0 spiro atoms. The Balaban J connectivity index is 2.12. The highest BCUT2D eigenvalue weighted by Gasteiger charge is 2.25. The van der Waals surface area contributed by atoms with Gasteiger partial charge in [0.2, 0.25) is 0 Å². The maximum absolute atomic E-state index is 4.45. The first kappa shape index (κ1) is 14.6. The van der Waals surface area contributed by atoms with Crippen molar-refractivity contribution in [3.05, 3.63) is 42.2 Å². The Morgan fingerprint density at radius 2 is 1.75 bits per heavy atom. The number of nitrogens with zero attached hydrogens (tertiary/aromatic N) is 3. The van der Waals surface area contributed by atoms with Crippen LogP contribution < -0.4 is 4.90 Å². The molecular weight excluding hydrogens is 246 g/mol. The van der Waals surface area contributed by atoms with Gasteiger partial charge in [0.25, 0.3) is 0 Å². The Labute approximate surface area is 122 Å². The van der Waals surface area contributed by atoms with Crippen molar-refractivity contribution < 1.29 is 0 Å². The van der Waals surface area contributed by atoms with Crippen LogP contribution in [0.25, 0.3) is 0 Å². The van der Waals surface area contributed by atoms with Gasteiger partial charge in [-0.15, -0.1) is 0 Å². The summed E-state index contributed by atoms with van der Waals surface area (Å²) >= 11 is 0. The molecule has 0 atom stereocenters. The minimum atomic E-state index is 0.192. The Morgan fingerprint density at radius 3 is 2.25 bits per heavy atom.